The number of hydrogen-bond acceptors (Lipinski definition) is 4. The zero-order valence-corrected chi connectivity index (χ0v) is 10.9. The number of unbranched alkanes of at least 4 members (excludes halogenated alkanes) is 2. The fraction of sp³-hybridized carbons (Fsp3) is 0.750. The maximum absolute atomic E-state index is 11.5. The number of amides is 1. The Labute approximate surface area is 112 Å². The van der Waals surface area contributed by atoms with Gasteiger partial charge in [0.2, 0.25) is 5.91 Å². The monoisotopic (exact) mass is 274 g/mol. The lowest BCUT2D eigenvalue weighted by Gasteiger charge is -2.13. The number of nitrogens with one attached hydrogen (secondary N) is 1. The van der Waals surface area contributed by atoms with E-state index in [4.69, 9.17) is 15.9 Å². The molecule has 0 aromatic heterocycles. The molecular weight excluding hydrogens is 252 g/mol. The molecule has 0 aromatic carbocycles. The molecule has 0 aliphatic rings. The third-order valence-electron chi connectivity index (χ3n) is 2.62. The minimum absolute atomic E-state index is 0.101. The molecule has 0 unspecified atom stereocenters. The van der Waals surface area contributed by atoms with Gasteiger partial charge in [-0.15, -0.1) is 0 Å². The van der Waals surface area contributed by atoms with Crippen molar-refractivity contribution in [2.45, 2.75) is 51.0 Å². The second kappa shape index (κ2) is 10.3. The van der Waals surface area contributed by atoms with Crippen LogP contribution in [0.15, 0.2) is 0 Å². The van der Waals surface area contributed by atoms with Gasteiger partial charge in [0.1, 0.15) is 6.04 Å². The van der Waals surface area contributed by atoms with Crippen molar-refractivity contribution in [3.63, 3.8) is 0 Å². The first-order valence-electron chi connectivity index (χ1n) is 6.41. The lowest BCUT2D eigenvalue weighted by atomic mass is 10.1. The summed E-state index contributed by atoms with van der Waals surface area (Å²) in [7, 11) is 0. The molecular formula is C12H22N2O5. The highest BCUT2D eigenvalue weighted by molar-refractivity contribution is 5.83. The lowest BCUT2D eigenvalue weighted by Crippen LogP contribution is -2.40. The number of nitrogens with two attached hydrogens (primary N) is 1. The molecule has 0 radical (unpaired) electrons. The van der Waals surface area contributed by atoms with Gasteiger partial charge in [0.25, 0.3) is 0 Å². The van der Waals surface area contributed by atoms with Gasteiger partial charge in [-0.25, -0.2) is 4.79 Å². The Bertz CT molecular complexity index is 306. The molecule has 0 bridgehead atoms. The molecule has 0 heterocycles. The molecule has 0 aliphatic heterocycles. The van der Waals surface area contributed by atoms with Crippen molar-refractivity contribution in [3.8, 4) is 0 Å². The average Bonchev–Trinajstić information content (AvgIpc) is 2.33. The van der Waals surface area contributed by atoms with Gasteiger partial charge in [-0.3, -0.25) is 9.59 Å². The zero-order valence-electron chi connectivity index (χ0n) is 10.9. The molecule has 7 nitrogen and oxygen atoms in total. The summed E-state index contributed by atoms with van der Waals surface area (Å²) < 4.78 is 0. The minimum Gasteiger partial charge on any atom is -0.481 e. The van der Waals surface area contributed by atoms with Crippen LogP contribution in [0.5, 0.6) is 0 Å². The van der Waals surface area contributed by atoms with Crippen LogP contribution in [0.25, 0.3) is 0 Å². The first kappa shape index (κ1) is 17.4. The molecule has 1 atom stereocenters. The van der Waals surface area contributed by atoms with Crippen LogP contribution < -0.4 is 11.1 Å². The topological polar surface area (TPSA) is 130 Å². The van der Waals surface area contributed by atoms with Crippen molar-refractivity contribution >= 4 is 17.8 Å². The summed E-state index contributed by atoms with van der Waals surface area (Å²) >= 11 is 0. The Balaban J connectivity index is 3.94. The molecule has 0 saturated heterocycles. The van der Waals surface area contributed by atoms with Gasteiger partial charge in [-0.1, -0.05) is 6.42 Å². The van der Waals surface area contributed by atoms with Gasteiger partial charge < -0.3 is 21.3 Å². The van der Waals surface area contributed by atoms with Gasteiger partial charge in [0.05, 0.1) is 0 Å². The normalized spacial score (nSPS) is 11.8. The number of hydrogen-bond donors (Lipinski definition) is 4. The van der Waals surface area contributed by atoms with Crippen LogP contribution in [0, 0.1) is 0 Å². The SMILES string of the molecule is NCCCCCC(=O)N[C@H](CCCC(=O)O)C(=O)O. The Morgan fingerprint density at radius 3 is 2.21 bits per heavy atom. The van der Waals surface area contributed by atoms with E-state index in [1.165, 1.54) is 0 Å². The third-order valence-corrected chi connectivity index (χ3v) is 2.62. The Morgan fingerprint density at radius 1 is 1.00 bits per heavy atom. The summed E-state index contributed by atoms with van der Waals surface area (Å²) in [4.78, 5) is 32.7. The zero-order chi connectivity index (χ0) is 14.7. The molecule has 110 valence electrons. The molecule has 19 heavy (non-hydrogen) atoms. The summed E-state index contributed by atoms with van der Waals surface area (Å²) in [5.74, 6) is -2.43. The molecule has 0 aromatic rings. The summed E-state index contributed by atoms with van der Waals surface area (Å²) in [6.07, 6.45) is 2.86. The smallest absolute Gasteiger partial charge is 0.326 e. The lowest BCUT2D eigenvalue weighted by molar-refractivity contribution is -0.142. The maximum Gasteiger partial charge on any atom is 0.326 e. The summed E-state index contributed by atoms with van der Waals surface area (Å²) in [6, 6.07) is -1.01. The van der Waals surface area contributed by atoms with Crippen LogP contribution in [0.1, 0.15) is 44.9 Å². The van der Waals surface area contributed by atoms with Crippen molar-refractivity contribution in [2.75, 3.05) is 6.54 Å². The Morgan fingerprint density at radius 2 is 1.68 bits per heavy atom. The standard InChI is InChI=1S/C12H22N2O5/c13-8-3-1-2-6-10(15)14-9(12(18)19)5-4-7-11(16)17/h9H,1-8,13H2,(H,14,15)(H,16,17)(H,18,19)/t9-/m1/s1. The van der Waals surface area contributed by atoms with Crippen LogP contribution in [0.3, 0.4) is 0 Å². The van der Waals surface area contributed by atoms with Gasteiger partial charge in [-0.2, -0.15) is 0 Å². The molecule has 1 amide bonds. The first-order chi connectivity index (χ1) is 8.97. The molecule has 0 fully saturated rings. The Kier molecular flexibility index (Phi) is 9.42. The fourth-order valence-corrected chi connectivity index (χ4v) is 1.59. The Hall–Kier alpha value is -1.63. The van der Waals surface area contributed by atoms with Crippen molar-refractivity contribution in [2.24, 2.45) is 5.73 Å². The van der Waals surface area contributed by atoms with Crippen LogP contribution in [0.4, 0.5) is 0 Å². The van der Waals surface area contributed by atoms with E-state index < -0.39 is 18.0 Å². The molecule has 0 rings (SSSR count). The van der Waals surface area contributed by atoms with E-state index in [2.05, 4.69) is 5.32 Å². The highest BCUT2D eigenvalue weighted by Crippen LogP contribution is 2.04. The summed E-state index contributed by atoms with van der Waals surface area (Å²) in [6.45, 7) is 0.578. The predicted octanol–water partition coefficient (Wildman–Crippen LogP) is 0.330. The number of carboxylic acids is 2. The van der Waals surface area contributed by atoms with Crippen LogP contribution in [0.2, 0.25) is 0 Å². The second-order valence-corrected chi connectivity index (χ2v) is 4.34. The van der Waals surface area contributed by atoms with Crippen LogP contribution in [-0.2, 0) is 14.4 Å². The van der Waals surface area contributed by atoms with Crippen LogP contribution >= 0.6 is 0 Å². The van der Waals surface area contributed by atoms with Crippen molar-refractivity contribution in [3.05, 3.63) is 0 Å². The predicted molar refractivity (Wildman–Crippen MR) is 68.6 cm³/mol. The summed E-state index contributed by atoms with van der Waals surface area (Å²) in [5.41, 5.74) is 5.32. The maximum atomic E-state index is 11.5. The fourth-order valence-electron chi connectivity index (χ4n) is 1.59. The van der Waals surface area contributed by atoms with E-state index in [9.17, 15) is 14.4 Å². The first-order valence-corrected chi connectivity index (χ1v) is 6.41. The largest absolute Gasteiger partial charge is 0.481 e. The van der Waals surface area contributed by atoms with E-state index in [1.54, 1.807) is 0 Å². The quantitative estimate of drug-likeness (QED) is 0.402. The number of aliphatic carboxylic acids is 2. The highest BCUT2D eigenvalue weighted by atomic mass is 16.4. The second-order valence-electron chi connectivity index (χ2n) is 4.34. The number of carbonyl (C=O) groups excluding carboxylic acids is 1. The highest BCUT2D eigenvalue weighted by Gasteiger charge is 2.19. The van der Waals surface area contributed by atoms with Crippen LogP contribution in [-0.4, -0.2) is 40.6 Å². The van der Waals surface area contributed by atoms with E-state index in [0.29, 0.717) is 13.0 Å². The van der Waals surface area contributed by atoms with E-state index in [1.807, 2.05) is 0 Å². The van der Waals surface area contributed by atoms with Crippen molar-refractivity contribution in [1.82, 2.24) is 5.32 Å². The molecule has 5 N–H and O–H groups in total. The van der Waals surface area contributed by atoms with E-state index in [-0.39, 0.29) is 31.6 Å². The number of rotatable bonds is 11. The third kappa shape index (κ3) is 10.0. The number of carboxylic acid groups (broad SMARTS) is 2. The van der Waals surface area contributed by atoms with E-state index in [0.717, 1.165) is 12.8 Å². The average molecular weight is 274 g/mol. The van der Waals surface area contributed by atoms with E-state index >= 15 is 0 Å². The molecule has 0 spiro atoms. The molecule has 0 saturated carbocycles. The van der Waals surface area contributed by atoms with Crippen molar-refractivity contribution in [1.29, 1.82) is 0 Å². The van der Waals surface area contributed by atoms with Gasteiger partial charge in [0.15, 0.2) is 0 Å². The van der Waals surface area contributed by atoms with Crippen molar-refractivity contribution < 1.29 is 24.6 Å². The molecule has 7 heteroatoms. The summed E-state index contributed by atoms with van der Waals surface area (Å²) in [5, 5.41) is 19.8. The molecule has 0 aliphatic carbocycles. The van der Waals surface area contributed by atoms with Gasteiger partial charge in [-0.05, 0) is 32.2 Å². The van der Waals surface area contributed by atoms with Gasteiger partial charge >= 0.3 is 11.9 Å². The number of carbonyl (C=O) groups is 3. The minimum atomic E-state index is -1.14. The van der Waals surface area contributed by atoms with Gasteiger partial charge in [0, 0.05) is 12.8 Å².